The standard InChI is InChI=1S/C20H31NO2/c1-7-8-9-17(19(22)23-6)21-18-12-14(2)10-11-16(18)15(3)13-20(21,4)5/h10-12,15,17H,7-9,13H2,1-6H3/t15-,17-/m0/s1. The summed E-state index contributed by atoms with van der Waals surface area (Å²) in [6.45, 7) is 11.1. The normalized spacial score (nSPS) is 20.8. The highest BCUT2D eigenvalue weighted by Gasteiger charge is 2.42. The molecule has 1 aromatic rings. The number of hydrogen-bond donors (Lipinski definition) is 0. The SMILES string of the molecule is CCCC[C@@H](C(=O)OC)N1c2cc(C)ccc2[C@@H](C)CC1(C)C. The smallest absolute Gasteiger partial charge is 0.328 e. The van der Waals surface area contributed by atoms with Crippen LogP contribution in [0.25, 0.3) is 0 Å². The third-order valence-electron chi connectivity index (χ3n) is 5.05. The molecule has 1 heterocycles. The van der Waals surface area contributed by atoms with Crippen molar-refractivity contribution < 1.29 is 9.53 Å². The maximum atomic E-state index is 12.5. The lowest BCUT2D eigenvalue weighted by Crippen LogP contribution is -2.56. The number of fused-ring (bicyclic) bond motifs is 1. The van der Waals surface area contributed by atoms with Crippen LogP contribution in [0, 0.1) is 6.92 Å². The van der Waals surface area contributed by atoms with E-state index in [0.29, 0.717) is 5.92 Å². The molecule has 0 saturated heterocycles. The molecule has 23 heavy (non-hydrogen) atoms. The van der Waals surface area contributed by atoms with Gasteiger partial charge in [-0.3, -0.25) is 0 Å². The van der Waals surface area contributed by atoms with Crippen molar-refractivity contribution in [3.8, 4) is 0 Å². The highest BCUT2D eigenvalue weighted by molar-refractivity contribution is 5.82. The minimum Gasteiger partial charge on any atom is -0.467 e. The van der Waals surface area contributed by atoms with E-state index in [0.717, 1.165) is 25.7 Å². The first kappa shape index (κ1) is 17.8. The lowest BCUT2D eigenvalue weighted by Gasteiger charge is -2.50. The van der Waals surface area contributed by atoms with Crippen molar-refractivity contribution >= 4 is 11.7 Å². The average molecular weight is 317 g/mol. The van der Waals surface area contributed by atoms with Crippen LogP contribution in [-0.2, 0) is 9.53 Å². The molecule has 0 radical (unpaired) electrons. The van der Waals surface area contributed by atoms with Gasteiger partial charge < -0.3 is 9.64 Å². The summed E-state index contributed by atoms with van der Waals surface area (Å²) in [5.41, 5.74) is 3.73. The third kappa shape index (κ3) is 3.54. The number of rotatable bonds is 5. The summed E-state index contributed by atoms with van der Waals surface area (Å²) in [7, 11) is 1.50. The predicted octanol–water partition coefficient (Wildman–Crippen LogP) is 4.82. The zero-order valence-electron chi connectivity index (χ0n) is 15.5. The molecule has 1 aromatic carbocycles. The van der Waals surface area contributed by atoms with Crippen LogP contribution in [0.5, 0.6) is 0 Å². The number of nitrogens with zero attached hydrogens (tertiary/aromatic N) is 1. The summed E-state index contributed by atoms with van der Waals surface area (Å²) in [5, 5.41) is 0. The maximum absolute atomic E-state index is 12.5. The van der Waals surface area contributed by atoms with Crippen LogP contribution < -0.4 is 4.90 Å². The van der Waals surface area contributed by atoms with E-state index in [1.54, 1.807) is 0 Å². The molecule has 2 atom stereocenters. The van der Waals surface area contributed by atoms with Gasteiger partial charge in [-0.1, -0.05) is 38.8 Å². The molecule has 0 aromatic heterocycles. The fourth-order valence-electron chi connectivity index (χ4n) is 4.04. The second-order valence-corrected chi connectivity index (χ2v) is 7.53. The molecule has 128 valence electrons. The molecule has 3 nitrogen and oxygen atoms in total. The van der Waals surface area contributed by atoms with Gasteiger partial charge in [0.2, 0.25) is 0 Å². The number of hydrogen-bond acceptors (Lipinski definition) is 3. The van der Waals surface area contributed by atoms with Crippen molar-refractivity contribution in [1.29, 1.82) is 0 Å². The second kappa shape index (κ2) is 6.94. The molecule has 0 fully saturated rings. The molecule has 2 rings (SSSR count). The molecule has 0 saturated carbocycles. The van der Waals surface area contributed by atoms with Crippen LogP contribution in [0.3, 0.4) is 0 Å². The van der Waals surface area contributed by atoms with Gasteiger partial charge in [0, 0.05) is 11.2 Å². The summed E-state index contributed by atoms with van der Waals surface area (Å²) >= 11 is 0. The Bertz CT molecular complexity index is 565. The van der Waals surface area contributed by atoms with Crippen LogP contribution in [-0.4, -0.2) is 24.7 Å². The van der Waals surface area contributed by atoms with Gasteiger partial charge in [-0.05, 0) is 56.7 Å². The minimum atomic E-state index is -0.206. The van der Waals surface area contributed by atoms with E-state index < -0.39 is 0 Å². The molecule has 0 spiro atoms. The Kier molecular flexibility index (Phi) is 5.38. The number of methoxy groups -OCH3 is 1. The topological polar surface area (TPSA) is 29.5 Å². The van der Waals surface area contributed by atoms with Gasteiger partial charge in [-0.25, -0.2) is 4.79 Å². The molecule has 0 amide bonds. The van der Waals surface area contributed by atoms with Gasteiger partial charge in [-0.15, -0.1) is 0 Å². The van der Waals surface area contributed by atoms with Gasteiger partial charge in [0.15, 0.2) is 0 Å². The van der Waals surface area contributed by atoms with E-state index in [-0.39, 0.29) is 17.6 Å². The Morgan fingerprint density at radius 3 is 2.74 bits per heavy atom. The van der Waals surface area contributed by atoms with Crippen molar-refractivity contribution in [1.82, 2.24) is 0 Å². The highest BCUT2D eigenvalue weighted by Crippen LogP contribution is 2.45. The van der Waals surface area contributed by atoms with Gasteiger partial charge >= 0.3 is 5.97 Å². The molecule has 3 heteroatoms. The molecule has 0 aliphatic carbocycles. The Morgan fingerprint density at radius 1 is 1.43 bits per heavy atom. The number of aryl methyl sites for hydroxylation is 1. The van der Waals surface area contributed by atoms with Crippen LogP contribution in [0.1, 0.15) is 70.4 Å². The number of carbonyl (C=O) groups is 1. The molecule has 0 unspecified atom stereocenters. The first-order chi connectivity index (χ1) is 10.8. The summed E-state index contributed by atoms with van der Waals surface area (Å²) in [6, 6.07) is 6.42. The lowest BCUT2D eigenvalue weighted by atomic mass is 9.78. The summed E-state index contributed by atoms with van der Waals surface area (Å²) in [5.74, 6) is 0.384. The third-order valence-corrected chi connectivity index (χ3v) is 5.05. The number of ether oxygens (including phenoxy) is 1. The summed E-state index contributed by atoms with van der Waals surface area (Å²) in [6.07, 6.45) is 4.00. The van der Waals surface area contributed by atoms with Crippen LogP contribution in [0.15, 0.2) is 18.2 Å². The van der Waals surface area contributed by atoms with E-state index in [1.165, 1.54) is 23.9 Å². The van der Waals surface area contributed by atoms with Gasteiger partial charge in [-0.2, -0.15) is 0 Å². The van der Waals surface area contributed by atoms with E-state index in [4.69, 9.17) is 4.74 Å². The average Bonchev–Trinajstić information content (AvgIpc) is 2.48. The maximum Gasteiger partial charge on any atom is 0.328 e. The second-order valence-electron chi connectivity index (χ2n) is 7.53. The first-order valence-corrected chi connectivity index (χ1v) is 8.79. The van der Waals surface area contributed by atoms with Crippen molar-refractivity contribution in [3.05, 3.63) is 29.3 Å². The van der Waals surface area contributed by atoms with Gasteiger partial charge in [0.25, 0.3) is 0 Å². The molecular formula is C20H31NO2. The number of carbonyl (C=O) groups excluding carboxylic acids is 1. The fourth-order valence-corrected chi connectivity index (χ4v) is 4.04. The fraction of sp³-hybridized carbons (Fsp3) is 0.650. The number of anilines is 1. The van der Waals surface area contributed by atoms with Crippen molar-refractivity contribution in [2.24, 2.45) is 0 Å². The number of benzene rings is 1. The van der Waals surface area contributed by atoms with Crippen LogP contribution in [0.2, 0.25) is 0 Å². The van der Waals surface area contributed by atoms with Crippen LogP contribution in [0.4, 0.5) is 5.69 Å². The number of esters is 1. The molecule has 0 N–H and O–H groups in total. The Morgan fingerprint density at radius 2 is 2.13 bits per heavy atom. The quantitative estimate of drug-likeness (QED) is 0.729. The van der Waals surface area contributed by atoms with Crippen molar-refractivity contribution in [2.75, 3.05) is 12.0 Å². The summed E-state index contributed by atoms with van der Waals surface area (Å²) < 4.78 is 5.15. The molecular weight excluding hydrogens is 286 g/mol. The van der Waals surface area contributed by atoms with E-state index in [2.05, 4.69) is 57.7 Å². The van der Waals surface area contributed by atoms with Gasteiger partial charge in [0.05, 0.1) is 7.11 Å². The Balaban J connectivity index is 2.53. The monoisotopic (exact) mass is 317 g/mol. The molecule has 0 bridgehead atoms. The highest BCUT2D eigenvalue weighted by atomic mass is 16.5. The van der Waals surface area contributed by atoms with Gasteiger partial charge in [0.1, 0.15) is 6.04 Å². The van der Waals surface area contributed by atoms with E-state index in [9.17, 15) is 4.79 Å². The Labute approximate surface area is 141 Å². The molecule has 1 aliphatic rings. The Hall–Kier alpha value is -1.51. The lowest BCUT2D eigenvalue weighted by molar-refractivity contribution is -0.142. The number of unbranched alkanes of at least 4 members (excludes halogenated alkanes) is 1. The summed E-state index contributed by atoms with van der Waals surface area (Å²) in [4.78, 5) is 14.8. The first-order valence-electron chi connectivity index (χ1n) is 8.79. The molecule has 1 aliphatic heterocycles. The minimum absolute atomic E-state index is 0.0627. The van der Waals surface area contributed by atoms with Crippen molar-refractivity contribution in [2.45, 2.75) is 77.8 Å². The largest absolute Gasteiger partial charge is 0.467 e. The predicted molar refractivity (Wildman–Crippen MR) is 96.1 cm³/mol. The van der Waals surface area contributed by atoms with E-state index in [1.807, 2.05) is 0 Å². The van der Waals surface area contributed by atoms with E-state index >= 15 is 0 Å². The van der Waals surface area contributed by atoms with Crippen molar-refractivity contribution in [3.63, 3.8) is 0 Å². The zero-order valence-corrected chi connectivity index (χ0v) is 15.5. The zero-order chi connectivity index (χ0) is 17.2. The van der Waals surface area contributed by atoms with Crippen LogP contribution >= 0.6 is 0 Å².